The Morgan fingerprint density at radius 2 is 1.68 bits per heavy atom. The normalized spacial score (nSPS) is 12.2. The van der Waals surface area contributed by atoms with E-state index in [-0.39, 0.29) is 18.0 Å². The minimum atomic E-state index is -5.12. The molecular formula is C23H20F3NO4. The summed E-state index contributed by atoms with van der Waals surface area (Å²) in [6.45, 7) is 1.14. The van der Waals surface area contributed by atoms with E-state index in [9.17, 15) is 18.0 Å². The average molecular weight is 431 g/mol. The number of carbonyl (C=O) groups excluding carboxylic acids is 1. The summed E-state index contributed by atoms with van der Waals surface area (Å²) in [7, 11) is 2.80. The van der Waals surface area contributed by atoms with Gasteiger partial charge in [0.2, 0.25) is 0 Å². The van der Waals surface area contributed by atoms with Crippen LogP contribution in [0.1, 0.15) is 12.5 Å². The molecule has 2 aromatic carbocycles. The van der Waals surface area contributed by atoms with Crippen LogP contribution in [0.25, 0.3) is 0 Å². The molecule has 2 aromatic rings. The van der Waals surface area contributed by atoms with Crippen molar-refractivity contribution in [3.05, 3.63) is 54.1 Å². The SMILES string of the molecule is CCOC(=O)C(C#CC#Cc1ccc(OC)cc1)(Nc1ccccc1OC)C(F)(F)F. The molecule has 0 aliphatic heterocycles. The first-order valence-electron chi connectivity index (χ1n) is 9.09. The summed E-state index contributed by atoms with van der Waals surface area (Å²) in [6, 6.07) is 12.4. The van der Waals surface area contributed by atoms with Crippen LogP contribution in [0.4, 0.5) is 18.9 Å². The maximum Gasteiger partial charge on any atom is 0.434 e. The summed E-state index contributed by atoms with van der Waals surface area (Å²) < 4.78 is 57.2. The van der Waals surface area contributed by atoms with Crippen molar-refractivity contribution in [3.63, 3.8) is 0 Å². The Morgan fingerprint density at radius 1 is 1.00 bits per heavy atom. The summed E-state index contributed by atoms with van der Waals surface area (Å²) in [6.07, 6.45) is -5.12. The second-order valence-corrected chi connectivity index (χ2v) is 6.02. The number of hydrogen-bond acceptors (Lipinski definition) is 5. The molecule has 1 atom stereocenters. The van der Waals surface area contributed by atoms with E-state index in [4.69, 9.17) is 14.2 Å². The van der Waals surface area contributed by atoms with E-state index in [1.54, 1.807) is 30.3 Å². The minimum absolute atomic E-state index is 0.0761. The third kappa shape index (κ3) is 5.64. The lowest BCUT2D eigenvalue weighted by atomic mass is 9.98. The number of anilines is 1. The quantitative estimate of drug-likeness (QED) is 0.553. The lowest BCUT2D eigenvalue weighted by Crippen LogP contribution is -2.58. The Balaban J connectivity index is 2.50. The van der Waals surface area contributed by atoms with Crippen LogP contribution in [0.2, 0.25) is 0 Å². The van der Waals surface area contributed by atoms with Crippen molar-refractivity contribution in [2.75, 3.05) is 26.1 Å². The van der Waals surface area contributed by atoms with Gasteiger partial charge in [0.25, 0.3) is 5.54 Å². The first-order chi connectivity index (χ1) is 14.8. The van der Waals surface area contributed by atoms with Crippen LogP contribution in [0.3, 0.4) is 0 Å². The van der Waals surface area contributed by atoms with Crippen molar-refractivity contribution < 1.29 is 32.2 Å². The van der Waals surface area contributed by atoms with Crippen molar-refractivity contribution in [2.45, 2.75) is 18.6 Å². The van der Waals surface area contributed by atoms with Gasteiger partial charge in [0.1, 0.15) is 11.5 Å². The monoisotopic (exact) mass is 431 g/mol. The van der Waals surface area contributed by atoms with Crippen LogP contribution < -0.4 is 14.8 Å². The van der Waals surface area contributed by atoms with Gasteiger partial charge in [-0.25, -0.2) is 4.79 Å². The van der Waals surface area contributed by atoms with E-state index in [1.807, 2.05) is 5.92 Å². The molecule has 1 N–H and O–H groups in total. The molecule has 31 heavy (non-hydrogen) atoms. The maximum absolute atomic E-state index is 14.1. The Morgan fingerprint density at radius 3 is 2.26 bits per heavy atom. The van der Waals surface area contributed by atoms with Crippen LogP contribution in [-0.2, 0) is 9.53 Å². The first-order valence-corrected chi connectivity index (χ1v) is 9.09. The number of benzene rings is 2. The highest BCUT2D eigenvalue weighted by molar-refractivity contribution is 5.91. The Hall–Kier alpha value is -3.78. The van der Waals surface area contributed by atoms with E-state index in [1.165, 1.54) is 39.3 Å². The lowest BCUT2D eigenvalue weighted by molar-refractivity contribution is -0.188. The largest absolute Gasteiger partial charge is 0.497 e. The standard InChI is InChI=1S/C23H20F3NO4/c1-4-31-21(28)22(23(24,25)26,27-19-10-5-6-11-20(19)30-3)16-8-7-9-17-12-14-18(29-2)15-13-17/h5-6,10-15,27H,4H2,1-3H3. The van der Waals surface area contributed by atoms with Gasteiger partial charge in [0.15, 0.2) is 0 Å². The smallest absolute Gasteiger partial charge is 0.434 e. The molecule has 0 aliphatic carbocycles. The first kappa shape index (κ1) is 23.5. The van der Waals surface area contributed by atoms with Gasteiger partial charge in [-0.1, -0.05) is 18.1 Å². The number of rotatable bonds is 6. The molecule has 0 aliphatic rings. The summed E-state index contributed by atoms with van der Waals surface area (Å²) in [5.41, 5.74) is -2.90. The summed E-state index contributed by atoms with van der Waals surface area (Å²) >= 11 is 0. The molecule has 0 heterocycles. The van der Waals surface area contributed by atoms with E-state index in [0.717, 1.165) is 0 Å². The van der Waals surface area contributed by atoms with E-state index in [0.29, 0.717) is 11.3 Å². The topological polar surface area (TPSA) is 56.8 Å². The minimum Gasteiger partial charge on any atom is -0.497 e. The zero-order chi connectivity index (χ0) is 22.9. The number of nitrogens with one attached hydrogen (secondary N) is 1. The predicted molar refractivity (Wildman–Crippen MR) is 110 cm³/mol. The van der Waals surface area contributed by atoms with E-state index >= 15 is 0 Å². The summed E-state index contributed by atoms with van der Waals surface area (Å²) in [4.78, 5) is 12.4. The Bertz CT molecular complexity index is 1030. The van der Waals surface area contributed by atoms with Crippen LogP contribution in [0.5, 0.6) is 11.5 Å². The van der Waals surface area contributed by atoms with Gasteiger partial charge < -0.3 is 19.5 Å². The second-order valence-electron chi connectivity index (χ2n) is 6.02. The molecule has 5 nitrogen and oxygen atoms in total. The second kappa shape index (κ2) is 10.3. The molecule has 8 heteroatoms. The molecule has 0 radical (unpaired) electrons. The van der Waals surface area contributed by atoms with Crippen LogP contribution in [0, 0.1) is 23.7 Å². The van der Waals surface area contributed by atoms with E-state index < -0.39 is 17.7 Å². The van der Waals surface area contributed by atoms with Crippen LogP contribution >= 0.6 is 0 Å². The van der Waals surface area contributed by atoms with Crippen molar-refractivity contribution in [1.82, 2.24) is 0 Å². The highest BCUT2D eigenvalue weighted by atomic mass is 19.4. The lowest BCUT2D eigenvalue weighted by Gasteiger charge is -2.30. The Labute approximate surface area is 178 Å². The van der Waals surface area contributed by atoms with Gasteiger partial charge >= 0.3 is 12.1 Å². The van der Waals surface area contributed by atoms with Crippen molar-refractivity contribution >= 4 is 11.7 Å². The summed E-state index contributed by atoms with van der Waals surface area (Å²) in [5, 5.41) is 2.17. The molecule has 0 saturated carbocycles. The van der Waals surface area contributed by atoms with Crippen molar-refractivity contribution in [3.8, 4) is 35.2 Å². The van der Waals surface area contributed by atoms with Gasteiger partial charge in [-0.2, -0.15) is 13.2 Å². The fourth-order valence-corrected chi connectivity index (χ4v) is 2.48. The fourth-order valence-electron chi connectivity index (χ4n) is 2.48. The Kier molecular flexibility index (Phi) is 7.81. The molecule has 162 valence electrons. The average Bonchev–Trinajstić information content (AvgIpc) is 2.75. The molecule has 0 amide bonds. The van der Waals surface area contributed by atoms with E-state index in [2.05, 4.69) is 23.1 Å². The van der Waals surface area contributed by atoms with Crippen LogP contribution in [-0.4, -0.2) is 38.5 Å². The summed E-state index contributed by atoms with van der Waals surface area (Å²) in [5.74, 6) is 8.17. The highest BCUT2D eigenvalue weighted by Gasteiger charge is 2.62. The molecule has 0 fully saturated rings. The molecule has 0 aromatic heterocycles. The van der Waals surface area contributed by atoms with Crippen molar-refractivity contribution in [1.29, 1.82) is 0 Å². The number of esters is 1. The molecule has 2 rings (SSSR count). The number of ether oxygens (including phenoxy) is 3. The number of carbonyl (C=O) groups is 1. The molecule has 0 bridgehead atoms. The molecular weight excluding hydrogens is 411 g/mol. The molecule has 0 spiro atoms. The fraction of sp³-hybridized carbons (Fsp3) is 0.261. The van der Waals surface area contributed by atoms with Gasteiger partial charge in [0, 0.05) is 5.56 Å². The number of methoxy groups -OCH3 is 2. The van der Waals surface area contributed by atoms with Crippen LogP contribution in [0.15, 0.2) is 48.5 Å². The molecule has 1 unspecified atom stereocenters. The number of halogens is 3. The van der Waals surface area contributed by atoms with Gasteiger partial charge in [-0.05, 0) is 61.1 Å². The number of alkyl halides is 3. The number of hydrogen-bond donors (Lipinski definition) is 1. The predicted octanol–water partition coefficient (Wildman–Crippen LogP) is 4.04. The highest BCUT2D eigenvalue weighted by Crippen LogP contribution is 2.37. The van der Waals surface area contributed by atoms with Gasteiger partial charge in [-0.3, -0.25) is 0 Å². The third-order valence-corrected chi connectivity index (χ3v) is 4.05. The van der Waals surface area contributed by atoms with Gasteiger partial charge in [0.05, 0.1) is 26.5 Å². The zero-order valence-corrected chi connectivity index (χ0v) is 17.1. The zero-order valence-electron chi connectivity index (χ0n) is 17.1. The maximum atomic E-state index is 14.1. The number of para-hydroxylation sites is 2. The molecule has 0 saturated heterocycles. The third-order valence-electron chi connectivity index (χ3n) is 4.05. The van der Waals surface area contributed by atoms with Gasteiger partial charge in [-0.15, -0.1) is 0 Å². The van der Waals surface area contributed by atoms with Crippen molar-refractivity contribution in [2.24, 2.45) is 0 Å².